The van der Waals surface area contributed by atoms with Crippen molar-refractivity contribution in [2.75, 3.05) is 13.7 Å². The SMILES string of the molecule is COc1ccc(COCC2O[C@@H](C)C(O[Si](C)(C)C(C)(C)C)C(C)[C@H]2OC(C)=O)cc1. The van der Waals surface area contributed by atoms with Gasteiger partial charge in [0.15, 0.2) is 8.32 Å². The summed E-state index contributed by atoms with van der Waals surface area (Å²) in [5, 5.41) is 0.0850. The summed E-state index contributed by atoms with van der Waals surface area (Å²) >= 11 is 0. The molecule has 0 spiro atoms. The van der Waals surface area contributed by atoms with E-state index in [1.54, 1.807) is 7.11 Å². The smallest absolute Gasteiger partial charge is 0.303 e. The fourth-order valence-corrected chi connectivity index (χ4v) is 5.07. The van der Waals surface area contributed by atoms with Crippen molar-refractivity contribution in [2.45, 2.75) is 90.7 Å². The van der Waals surface area contributed by atoms with Gasteiger partial charge in [-0.3, -0.25) is 4.79 Å². The highest BCUT2D eigenvalue weighted by Crippen LogP contribution is 2.41. The first-order valence-electron chi connectivity index (χ1n) is 11.1. The highest BCUT2D eigenvalue weighted by atomic mass is 28.4. The van der Waals surface area contributed by atoms with Gasteiger partial charge >= 0.3 is 5.97 Å². The number of esters is 1. The highest BCUT2D eigenvalue weighted by molar-refractivity contribution is 6.74. The van der Waals surface area contributed by atoms with Gasteiger partial charge in [-0.2, -0.15) is 0 Å². The van der Waals surface area contributed by atoms with Crippen LogP contribution in [0.5, 0.6) is 5.75 Å². The second kappa shape index (κ2) is 10.5. The quantitative estimate of drug-likeness (QED) is 0.410. The summed E-state index contributed by atoms with van der Waals surface area (Å²) in [5.74, 6) is 0.488. The van der Waals surface area contributed by atoms with Crippen molar-refractivity contribution in [1.29, 1.82) is 0 Å². The number of benzene rings is 1. The summed E-state index contributed by atoms with van der Waals surface area (Å²) < 4.78 is 29.8. The van der Waals surface area contributed by atoms with E-state index in [2.05, 4.69) is 40.8 Å². The Hall–Kier alpha value is -1.41. The number of carbonyl (C=O) groups is 1. The molecule has 1 aromatic rings. The summed E-state index contributed by atoms with van der Waals surface area (Å²) in [4.78, 5) is 11.8. The third kappa shape index (κ3) is 6.78. The van der Waals surface area contributed by atoms with E-state index < -0.39 is 14.4 Å². The van der Waals surface area contributed by atoms with Crippen molar-refractivity contribution in [3.63, 3.8) is 0 Å². The molecular formula is C24H40O6Si. The summed E-state index contributed by atoms with van der Waals surface area (Å²) in [5.41, 5.74) is 1.04. The van der Waals surface area contributed by atoms with Crippen molar-refractivity contribution in [3.05, 3.63) is 29.8 Å². The van der Waals surface area contributed by atoms with Crippen LogP contribution in [0.25, 0.3) is 0 Å². The first-order chi connectivity index (χ1) is 14.4. The number of rotatable bonds is 8. The van der Waals surface area contributed by atoms with Crippen LogP contribution in [0.4, 0.5) is 0 Å². The van der Waals surface area contributed by atoms with Gasteiger partial charge in [0.05, 0.1) is 32.5 Å². The van der Waals surface area contributed by atoms with Crippen LogP contribution in [0.2, 0.25) is 18.1 Å². The average Bonchev–Trinajstić information content (AvgIpc) is 2.67. The van der Waals surface area contributed by atoms with E-state index in [9.17, 15) is 4.79 Å². The number of carbonyl (C=O) groups excluding carboxylic acids is 1. The van der Waals surface area contributed by atoms with E-state index in [4.69, 9.17) is 23.4 Å². The van der Waals surface area contributed by atoms with Gasteiger partial charge in [-0.15, -0.1) is 0 Å². The Morgan fingerprint density at radius 3 is 2.23 bits per heavy atom. The number of hydrogen-bond donors (Lipinski definition) is 0. The van der Waals surface area contributed by atoms with E-state index in [-0.39, 0.29) is 35.2 Å². The van der Waals surface area contributed by atoms with Gasteiger partial charge in [-0.25, -0.2) is 0 Å². The Labute approximate surface area is 188 Å². The molecule has 2 rings (SSSR count). The normalized spacial score (nSPS) is 27.1. The molecule has 0 amide bonds. The molecule has 176 valence electrons. The lowest BCUT2D eigenvalue weighted by Crippen LogP contribution is -2.59. The van der Waals surface area contributed by atoms with Crippen LogP contribution in [0.15, 0.2) is 24.3 Å². The number of hydrogen-bond acceptors (Lipinski definition) is 6. The zero-order chi connectivity index (χ0) is 23.4. The Bertz CT molecular complexity index is 712. The van der Waals surface area contributed by atoms with Gasteiger partial charge in [-0.1, -0.05) is 39.8 Å². The van der Waals surface area contributed by atoms with Gasteiger partial charge in [0, 0.05) is 12.8 Å². The van der Waals surface area contributed by atoms with Gasteiger partial charge in [-0.05, 0) is 42.8 Å². The maximum absolute atomic E-state index is 11.8. The lowest BCUT2D eigenvalue weighted by atomic mass is 9.88. The summed E-state index contributed by atoms with van der Waals surface area (Å²) in [6.07, 6.45) is -1.01. The van der Waals surface area contributed by atoms with E-state index in [1.165, 1.54) is 6.92 Å². The van der Waals surface area contributed by atoms with Crippen LogP contribution in [0, 0.1) is 5.92 Å². The molecule has 1 aromatic carbocycles. The van der Waals surface area contributed by atoms with Crippen molar-refractivity contribution in [3.8, 4) is 5.75 Å². The molecule has 31 heavy (non-hydrogen) atoms. The Balaban J connectivity index is 2.07. The largest absolute Gasteiger partial charge is 0.497 e. The van der Waals surface area contributed by atoms with Crippen molar-refractivity contribution in [1.82, 2.24) is 0 Å². The summed E-state index contributed by atoms with van der Waals surface area (Å²) in [6, 6.07) is 7.76. The predicted molar refractivity (Wildman–Crippen MR) is 124 cm³/mol. The van der Waals surface area contributed by atoms with Crippen LogP contribution in [0.3, 0.4) is 0 Å². The molecule has 3 unspecified atom stereocenters. The maximum atomic E-state index is 11.8. The van der Waals surface area contributed by atoms with Gasteiger partial charge in [0.2, 0.25) is 0 Å². The molecule has 0 bridgehead atoms. The molecule has 1 heterocycles. The van der Waals surface area contributed by atoms with Crippen LogP contribution in [0.1, 0.15) is 47.1 Å². The maximum Gasteiger partial charge on any atom is 0.303 e. The van der Waals surface area contributed by atoms with Gasteiger partial charge in [0.1, 0.15) is 18.0 Å². The minimum absolute atomic E-state index is 0.00337. The summed E-state index contributed by atoms with van der Waals surface area (Å²) in [7, 11) is -0.362. The fourth-order valence-electron chi connectivity index (χ4n) is 3.63. The topological polar surface area (TPSA) is 63.2 Å². The van der Waals surface area contributed by atoms with Crippen LogP contribution >= 0.6 is 0 Å². The fraction of sp³-hybridized carbons (Fsp3) is 0.708. The van der Waals surface area contributed by atoms with Crippen LogP contribution < -0.4 is 4.74 Å². The van der Waals surface area contributed by atoms with Crippen LogP contribution in [-0.2, 0) is 30.0 Å². The molecule has 0 aromatic heterocycles. The Morgan fingerprint density at radius 1 is 1.10 bits per heavy atom. The van der Waals surface area contributed by atoms with E-state index in [0.717, 1.165) is 11.3 Å². The van der Waals surface area contributed by atoms with Crippen molar-refractivity contribution in [2.24, 2.45) is 5.92 Å². The molecule has 0 radical (unpaired) electrons. The molecule has 0 N–H and O–H groups in total. The molecular weight excluding hydrogens is 412 g/mol. The Kier molecular flexibility index (Phi) is 8.73. The average molecular weight is 453 g/mol. The molecule has 0 saturated carbocycles. The number of ether oxygens (including phenoxy) is 4. The molecule has 7 heteroatoms. The van der Waals surface area contributed by atoms with Gasteiger partial charge in [0.25, 0.3) is 0 Å². The second-order valence-corrected chi connectivity index (χ2v) is 14.8. The molecule has 6 nitrogen and oxygen atoms in total. The highest BCUT2D eigenvalue weighted by Gasteiger charge is 2.48. The number of methoxy groups -OCH3 is 1. The molecule has 1 fully saturated rings. The lowest BCUT2D eigenvalue weighted by molar-refractivity contribution is -0.215. The van der Waals surface area contributed by atoms with E-state index >= 15 is 0 Å². The van der Waals surface area contributed by atoms with Crippen LogP contribution in [-0.4, -0.2) is 52.4 Å². The van der Waals surface area contributed by atoms with Gasteiger partial charge < -0.3 is 23.4 Å². The van der Waals surface area contributed by atoms with E-state index in [0.29, 0.717) is 13.2 Å². The molecule has 5 atom stereocenters. The van der Waals surface area contributed by atoms with Crippen molar-refractivity contribution >= 4 is 14.3 Å². The zero-order valence-electron chi connectivity index (χ0n) is 20.6. The lowest BCUT2D eigenvalue weighted by Gasteiger charge is -2.48. The third-order valence-electron chi connectivity index (χ3n) is 6.50. The van der Waals surface area contributed by atoms with E-state index in [1.807, 2.05) is 31.2 Å². The zero-order valence-corrected chi connectivity index (χ0v) is 21.6. The second-order valence-electron chi connectivity index (χ2n) is 10.0. The molecule has 1 aliphatic heterocycles. The first kappa shape index (κ1) is 25.8. The molecule has 1 aliphatic rings. The predicted octanol–water partition coefficient (Wildman–Crippen LogP) is 4.96. The third-order valence-corrected chi connectivity index (χ3v) is 11.0. The standard InChI is InChI=1S/C24H40O6Si/c1-16-22(30-31(8,9)24(4,5)6)17(2)28-21(23(16)29-18(3)25)15-27-14-19-10-12-20(26-7)13-11-19/h10-13,16-17,21-23H,14-15H2,1-9H3/t16?,17-,21?,22?,23+/m0/s1. The van der Waals surface area contributed by atoms with Crippen molar-refractivity contribution < 1.29 is 28.2 Å². The first-order valence-corrected chi connectivity index (χ1v) is 14.0. The monoisotopic (exact) mass is 452 g/mol. The Morgan fingerprint density at radius 2 is 1.71 bits per heavy atom. The minimum Gasteiger partial charge on any atom is -0.497 e. The molecule has 1 saturated heterocycles. The minimum atomic E-state index is -2.01. The molecule has 0 aliphatic carbocycles. The summed E-state index contributed by atoms with van der Waals surface area (Å²) in [6.45, 7) is 17.5.